The van der Waals surface area contributed by atoms with E-state index in [4.69, 9.17) is 0 Å². The van der Waals surface area contributed by atoms with Gasteiger partial charge in [-0.05, 0) is 49.8 Å². The lowest BCUT2D eigenvalue weighted by Gasteiger charge is -2.34. The molecule has 0 spiro atoms. The third-order valence-electron chi connectivity index (χ3n) is 4.59. The zero-order chi connectivity index (χ0) is 14.5. The van der Waals surface area contributed by atoms with Crippen LogP contribution >= 0.6 is 0 Å². The van der Waals surface area contributed by atoms with Gasteiger partial charge in [0, 0.05) is 25.3 Å². The van der Waals surface area contributed by atoms with Crippen molar-refractivity contribution in [3.05, 3.63) is 23.9 Å². The van der Waals surface area contributed by atoms with E-state index in [9.17, 15) is 0 Å². The van der Waals surface area contributed by atoms with Crippen molar-refractivity contribution >= 4 is 5.82 Å². The van der Waals surface area contributed by atoms with Gasteiger partial charge in [0.1, 0.15) is 5.82 Å². The van der Waals surface area contributed by atoms with E-state index in [0.29, 0.717) is 6.04 Å². The Morgan fingerprint density at radius 2 is 1.95 bits per heavy atom. The number of nitrogens with zero attached hydrogens (tertiary/aromatic N) is 2. The van der Waals surface area contributed by atoms with Crippen molar-refractivity contribution in [2.24, 2.45) is 11.8 Å². The normalized spacial score (nSPS) is 18.6. The molecule has 3 nitrogen and oxygen atoms in total. The SMILES string of the molecule is CCNC(C)c1ccc(N2CCC(C(C)C)CC2)nc1. The van der Waals surface area contributed by atoms with Crippen LogP contribution in [0.3, 0.4) is 0 Å². The minimum atomic E-state index is 0.383. The van der Waals surface area contributed by atoms with Crippen molar-refractivity contribution in [1.29, 1.82) is 0 Å². The highest BCUT2D eigenvalue weighted by Gasteiger charge is 2.22. The highest BCUT2D eigenvalue weighted by molar-refractivity contribution is 5.40. The van der Waals surface area contributed by atoms with E-state index in [-0.39, 0.29) is 0 Å². The molecule has 0 aliphatic carbocycles. The molecule has 1 unspecified atom stereocenters. The zero-order valence-electron chi connectivity index (χ0n) is 13.4. The summed E-state index contributed by atoms with van der Waals surface area (Å²) in [4.78, 5) is 7.09. The van der Waals surface area contributed by atoms with E-state index in [2.05, 4.69) is 55.0 Å². The monoisotopic (exact) mass is 275 g/mol. The summed E-state index contributed by atoms with van der Waals surface area (Å²) in [5.41, 5.74) is 1.27. The quantitative estimate of drug-likeness (QED) is 0.889. The Balaban J connectivity index is 1.94. The third-order valence-corrected chi connectivity index (χ3v) is 4.59. The Morgan fingerprint density at radius 3 is 2.45 bits per heavy atom. The summed E-state index contributed by atoms with van der Waals surface area (Å²) in [5.74, 6) is 2.84. The van der Waals surface area contributed by atoms with Gasteiger partial charge in [0.25, 0.3) is 0 Å². The van der Waals surface area contributed by atoms with Gasteiger partial charge in [0.05, 0.1) is 0 Å². The predicted octanol–water partition coefficient (Wildman–Crippen LogP) is 3.62. The van der Waals surface area contributed by atoms with E-state index in [0.717, 1.165) is 37.3 Å². The van der Waals surface area contributed by atoms with Gasteiger partial charge >= 0.3 is 0 Å². The zero-order valence-corrected chi connectivity index (χ0v) is 13.4. The van der Waals surface area contributed by atoms with Gasteiger partial charge in [-0.1, -0.05) is 26.8 Å². The van der Waals surface area contributed by atoms with E-state index < -0.39 is 0 Å². The van der Waals surface area contributed by atoms with Gasteiger partial charge in [0.2, 0.25) is 0 Å². The second kappa shape index (κ2) is 7.07. The van der Waals surface area contributed by atoms with Crippen molar-refractivity contribution in [1.82, 2.24) is 10.3 Å². The van der Waals surface area contributed by atoms with Crippen molar-refractivity contribution < 1.29 is 0 Å². The largest absolute Gasteiger partial charge is 0.357 e. The molecule has 0 radical (unpaired) electrons. The first kappa shape index (κ1) is 15.3. The Kier molecular flexibility index (Phi) is 5.41. The Morgan fingerprint density at radius 1 is 1.25 bits per heavy atom. The second-order valence-electron chi connectivity index (χ2n) is 6.30. The first-order valence-electron chi connectivity index (χ1n) is 8.06. The topological polar surface area (TPSA) is 28.2 Å². The average Bonchev–Trinajstić information content (AvgIpc) is 2.48. The van der Waals surface area contributed by atoms with Crippen LogP contribution in [0.25, 0.3) is 0 Å². The fourth-order valence-corrected chi connectivity index (χ4v) is 3.06. The van der Waals surface area contributed by atoms with E-state index in [1.54, 1.807) is 0 Å². The van der Waals surface area contributed by atoms with Gasteiger partial charge in [-0.15, -0.1) is 0 Å². The summed E-state index contributed by atoms with van der Waals surface area (Å²) in [6, 6.07) is 4.77. The van der Waals surface area contributed by atoms with Gasteiger partial charge < -0.3 is 10.2 Å². The Bertz CT molecular complexity index is 391. The molecule has 1 fully saturated rings. The van der Waals surface area contributed by atoms with Crippen LogP contribution in [0.15, 0.2) is 18.3 Å². The molecule has 2 rings (SSSR count). The molecule has 1 aromatic heterocycles. The van der Waals surface area contributed by atoms with Crippen LogP contribution in [-0.4, -0.2) is 24.6 Å². The number of aromatic nitrogens is 1. The number of hydrogen-bond donors (Lipinski definition) is 1. The molecule has 1 aromatic rings. The van der Waals surface area contributed by atoms with E-state index in [1.807, 2.05) is 6.20 Å². The summed E-state index contributed by atoms with van der Waals surface area (Å²) >= 11 is 0. The van der Waals surface area contributed by atoms with Crippen LogP contribution in [0, 0.1) is 11.8 Å². The summed E-state index contributed by atoms with van der Waals surface area (Å²) in [6.45, 7) is 12.3. The highest BCUT2D eigenvalue weighted by atomic mass is 15.2. The molecule has 20 heavy (non-hydrogen) atoms. The molecule has 1 N–H and O–H groups in total. The number of rotatable bonds is 5. The Labute approximate surface area is 123 Å². The first-order valence-corrected chi connectivity index (χ1v) is 8.06. The molecule has 1 aliphatic rings. The van der Waals surface area contributed by atoms with Crippen LogP contribution in [-0.2, 0) is 0 Å². The molecule has 0 amide bonds. The number of pyridine rings is 1. The maximum Gasteiger partial charge on any atom is 0.128 e. The van der Waals surface area contributed by atoms with Crippen molar-refractivity contribution in [2.75, 3.05) is 24.5 Å². The molecule has 112 valence electrons. The maximum atomic E-state index is 4.66. The van der Waals surface area contributed by atoms with Gasteiger partial charge in [0.15, 0.2) is 0 Å². The van der Waals surface area contributed by atoms with E-state index in [1.165, 1.54) is 18.4 Å². The summed E-state index contributed by atoms with van der Waals surface area (Å²) in [5, 5.41) is 3.43. The fraction of sp³-hybridized carbons (Fsp3) is 0.706. The van der Waals surface area contributed by atoms with Crippen LogP contribution in [0.4, 0.5) is 5.82 Å². The summed E-state index contributed by atoms with van der Waals surface area (Å²) in [6.07, 6.45) is 4.63. The minimum absolute atomic E-state index is 0.383. The summed E-state index contributed by atoms with van der Waals surface area (Å²) in [7, 11) is 0. The average molecular weight is 275 g/mol. The lowest BCUT2D eigenvalue weighted by molar-refractivity contribution is 0.310. The number of hydrogen-bond acceptors (Lipinski definition) is 3. The fourth-order valence-electron chi connectivity index (χ4n) is 3.06. The minimum Gasteiger partial charge on any atom is -0.357 e. The molecule has 0 aromatic carbocycles. The van der Waals surface area contributed by atoms with Gasteiger partial charge in [-0.3, -0.25) is 0 Å². The number of anilines is 1. The molecule has 1 saturated heterocycles. The standard InChI is InChI=1S/C17H29N3/c1-5-18-14(4)16-6-7-17(19-12-16)20-10-8-15(9-11-20)13(2)3/h6-7,12-15,18H,5,8-11H2,1-4H3. The Hall–Kier alpha value is -1.09. The van der Waals surface area contributed by atoms with Crippen LogP contribution in [0.1, 0.15) is 52.1 Å². The number of piperidine rings is 1. The molecule has 1 aliphatic heterocycles. The van der Waals surface area contributed by atoms with E-state index >= 15 is 0 Å². The number of nitrogens with one attached hydrogen (secondary N) is 1. The highest BCUT2D eigenvalue weighted by Crippen LogP contribution is 2.27. The van der Waals surface area contributed by atoms with Gasteiger partial charge in [-0.2, -0.15) is 0 Å². The molecular formula is C17H29N3. The molecule has 3 heteroatoms. The second-order valence-corrected chi connectivity index (χ2v) is 6.30. The lowest BCUT2D eigenvalue weighted by Crippen LogP contribution is -2.35. The molecule has 0 bridgehead atoms. The summed E-state index contributed by atoms with van der Waals surface area (Å²) < 4.78 is 0. The third kappa shape index (κ3) is 3.72. The maximum absolute atomic E-state index is 4.66. The van der Waals surface area contributed by atoms with Crippen LogP contribution in [0.2, 0.25) is 0 Å². The van der Waals surface area contributed by atoms with Gasteiger partial charge in [-0.25, -0.2) is 4.98 Å². The first-order chi connectivity index (χ1) is 9.61. The van der Waals surface area contributed by atoms with Crippen molar-refractivity contribution in [3.63, 3.8) is 0 Å². The predicted molar refractivity (Wildman–Crippen MR) is 86.1 cm³/mol. The molecule has 2 heterocycles. The molecule has 0 saturated carbocycles. The van der Waals surface area contributed by atoms with Crippen molar-refractivity contribution in [3.8, 4) is 0 Å². The van der Waals surface area contributed by atoms with Crippen LogP contribution < -0.4 is 10.2 Å². The smallest absolute Gasteiger partial charge is 0.128 e. The molecular weight excluding hydrogens is 246 g/mol. The van der Waals surface area contributed by atoms with Crippen molar-refractivity contribution in [2.45, 2.75) is 46.6 Å². The van der Waals surface area contributed by atoms with Crippen LogP contribution in [0.5, 0.6) is 0 Å². The molecule has 1 atom stereocenters. The lowest BCUT2D eigenvalue weighted by atomic mass is 9.87.